The van der Waals surface area contributed by atoms with Crippen molar-refractivity contribution in [2.45, 2.75) is 488 Å². The van der Waals surface area contributed by atoms with Gasteiger partial charge in [0.1, 0.15) is 0 Å². The van der Waals surface area contributed by atoms with Crippen LogP contribution in [0.25, 0.3) is 0 Å². The highest BCUT2D eigenvalue weighted by Crippen LogP contribution is 2.20. The van der Waals surface area contributed by atoms with E-state index in [0.29, 0.717) is 19.4 Å². The highest BCUT2D eigenvalue weighted by atomic mass is 16.5. The van der Waals surface area contributed by atoms with Crippen LogP contribution in [0.15, 0.2) is 48.6 Å². The molecule has 0 saturated heterocycles. The number of aliphatic hydroxyl groups is 2. The second-order valence-electron chi connectivity index (χ2n) is 29.5. The van der Waals surface area contributed by atoms with Crippen molar-refractivity contribution >= 4 is 11.9 Å². The lowest BCUT2D eigenvalue weighted by atomic mass is 10.0. The molecule has 554 valence electrons. The molecule has 0 aliphatic rings. The van der Waals surface area contributed by atoms with Crippen molar-refractivity contribution in [3.05, 3.63) is 48.6 Å². The van der Waals surface area contributed by atoms with Gasteiger partial charge >= 0.3 is 5.97 Å². The first kappa shape index (κ1) is 91.8. The predicted octanol–water partition coefficient (Wildman–Crippen LogP) is 28.7. The molecule has 0 heterocycles. The Labute approximate surface area is 588 Å². The zero-order valence-corrected chi connectivity index (χ0v) is 63.7. The van der Waals surface area contributed by atoms with Gasteiger partial charge in [-0.1, -0.05) is 422 Å². The van der Waals surface area contributed by atoms with Gasteiger partial charge < -0.3 is 20.3 Å². The average Bonchev–Trinajstić information content (AvgIpc) is 3.55. The van der Waals surface area contributed by atoms with E-state index < -0.39 is 12.1 Å². The lowest BCUT2D eigenvalue weighted by molar-refractivity contribution is -0.143. The number of allylic oxidation sites excluding steroid dienone is 7. The van der Waals surface area contributed by atoms with Crippen molar-refractivity contribution in [1.29, 1.82) is 0 Å². The van der Waals surface area contributed by atoms with Gasteiger partial charge in [-0.3, -0.25) is 9.59 Å². The summed E-state index contributed by atoms with van der Waals surface area (Å²) < 4.78 is 5.51. The van der Waals surface area contributed by atoms with Gasteiger partial charge in [-0.15, -0.1) is 0 Å². The average molecular weight is 1320 g/mol. The zero-order valence-electron chi connectivity index (χ0n) is 63.7. The molecular weight excluding hydrogens is 1150 g/mol. The highest BCUT2D eigenvalue weighted by Gasteiger charge is 2.18. The maximum atomic E-state index is 12.6. The third-order valence-corrected chi connectivity index (χ3v) is 20.1. The van der Waals surface area contributed by atoms with Crippen LogP contribution < -0.4 is 5.32 Å². The van der Waals surface area contributed by atoms with Gasteiger partial charge in [0, 0.05) is 12.8 Å². The van der Waals surface area contributed by atoms with Gasteiger partial charge in [0.25, 0.3) is 0 Å². The van der Waals surface area contributed by atoms with E-state index >= 15 is 0 Å². The summed E-state index contributed by atoms with van der Waals surface area (Å²) in [6.45, 7) is 4.95. The minimum atomic E-state index is -0.844. The van der Waals surface area contributed by atoms with Crippen molar-refractivity contribution in [3.8, 4) is 0 Å². The molecule has 0 aromatic rings. The number of hydrogen-bond donors (Lipinski definition) is 3. The van der Waals surface area contributed by atoms with Crippen molar-refractivity contribution in [1.82, 2.24) is 5.32 Å². The molecule has 6 nitrogen and oxygen atoms in total. The van der Waals surface area contributed by atoms with Gasteiger partial charge in [0.05, 0.1) is 25.4 Å². The molecule has 0 spiro atoms. The van der Waals surface area contributed by atoms with Crippen LogP contribution in [0.4, 0.5) is 0 Å². The molecule has 2 unspecified atom stereocenters. The van der Waals surface area contributed by atoms with E-state index in [0.717, 1.165) is 51.4 Å². The number of rotatable bonds is 81. The first-order chi connectivity index (χ1) is 46.5. The lowest BCUT2D eigenvalue weighted by Crippen LogP contribution is -2.45. The van der Waals surface area contributed by atoms with E-state index in [9.17, 15) is 19.8 Å². The largest absolute Gasteiger partial charge is 0.466 e. The van der Waals surface area contributed by atoms with Crippen LogP contribution in [0.5, 0.6) is 0 Å². The van der Waals surface area contributed by atoms with Crippen molar-refractivity contribution in [2.24, 2.45) is 0 Å². The number of nitrogens with one attached hydrogen (secondary N) is 1. The van der Waals surface area contributed by atoms with Crippen LogP contribution in [0, 0.1) is 0 Å². The van der Waals surface area contributed by atoms with E-state index in [4.69, 9.17) is 4.74 Å². The molecule has 0 aliphatic heterocycles. The van der Waals surface area contributed by atoms with Gasteiger partial charge in [0.15, 0.2) is 0 Å². The normalized spacial score (nSPS) is 12.7. The topological polar surface area (TPSA) is 95.9 Å². The number of unbranched alkanes of at least 4 members (excludes halogenated alkanes) is 64. The molecule has 94 heavy (non-hydrogen) atoms. The summed E-state index contributed by atoms with van der Waals surface area (Å²) in [6, 6.07) is -0.627. The molecule has 2 atom stereocenters. The predicted molar refractivity (Wildman–Crippen MR) is 416 cm³/mol. The maximum absolute atomic E-state index is 12.6. The molecule has 0 bridgehead atoms. The molecular formula is C88H167NO5. The number of amides is 1. The SMILES string of the molecule is CCCCCCCC/C=C\CCCCCCCCCC(=O)OCCCCCCCCCCCCCCCCC/C=C\C/C=C\CCCCCCCCCCCCCCCCCCCC(=O)NC(CO)C(O)/C=C/CCCCCCCCCCCCCCCCCCCCC. The summed E-state index contributed by atoms with van der Waals surface area (Å²) in [6.07, 6.45) is 111. The van der Waals surface area contributed by atoms with Crippen LogP contribution in [-0.4, -0.2) is 47.4 Å². The Hall–Kier alpha value is -2.18. The zero-order chi connectivity index (χ0) is 67.7. The van der Waals surface area contributed by atoms with Gasteiger partial charge in [-0.25, -0.2) is 0 Å². The quantitative estimate of drug-likeness (QED) is 0.0320. The van der Waals surface area contributed by atoms with Crippen LogP contribution >= 0.6 is 0 Å². The van der Waals surface area contributed by atoms with E-state index in [1.807, 2.05) is 6.08 Å². The number of esters is 1. The van der Waals surface area contributed by atoms with E-state index in [1.54, 1.807) is 6.08 Å². The Morgan fingerprint density at radius 3 is 0.819 bits per heavy atom. The highest BCUT2D eigenvalue weighted by molar-refractivity contribution is 5.76. The summed E-state index contributed by atoms with van der Waals surface area (Å²) in [7, 11) is 0. The monoisotopic (exact) mass is 1320 g/mol. The Morgan fingerprint density at radius 1 is 0.298 bits per heavy atom. The van der Waals surface area contributed by atoms with E-state index in [-0.39, 0.29) is 18.5 Å². The smallest absolute Gasteiger partial charge is 0.305 e. The van der Waals surface area contributed by atoms with Crippen LogP contribution in [0.2, 0.25) is 0 Å². The molecule has 1 amide bonds. The number of carbonyl (C=O) groups excluding carboxylic acids is 2. The van der Waals surface area contributed by atoms with Crippen LogP contribution in [0.3, 0.4) is 0 Å². The number of aliphatic hydroxyl groups excluding tert-OH is 2. The Kier molecular flexibility index (Phi) is 81.3. The molecule has 0 saturated carbocycles. The summed E-state index contributed by atoms with van der Waals surface area (Å²) >= 11 is 0. The molecule has 0 aromatic carbocycles. The fraction of sp³-hybridized carbons (Fsp3) is 0.886. The second kappa shape index (κ2) is 83.2. The maximum Gasteiger partial charge on any atom is 0.305 e. The first-order valence-corrected chi connectivity index (χ1v) is 42.9. The fourth-order valence-electron chi connectivity index (χ4n) is 13.5. The molecule has 6 heteroatoms. The van der Waals surface area contributed by atoms with Crippen molar-refractivity contribution in [2.75, 3.05) is 13.2 Å². The molecule has 0 fully saturated rings. The minimum Gasteiger partial charge on any atom is -0.466 e. The Balaban J connectivity index is 3.37. The van der Waals surface area contributed by atoms with E-state index in [1.165, 1.54) is 398 Å². The van der Waals surface area contributed by atoms with Gasteiger partial charge in [0.2, 0.25) is 5.91 Å². The van der Waals surface area contributed by atoms with Gasteiger partial charge in [-0.05, 0) is 89.9 Å². The molecule has 3 N–H and O–H groups in total. The third kappa shape index (κ3) is 78.8. The summed E-state index contributed by atoms with van der Waals surface area (Å²) in [5.41, 5.74) is 0. The lowest BCUT2D eigenvalue weighted by Gasteiger charge is -2.20. The second-order valence-corrected chi connectivity index (χ2v) is 29.5. The summed E-state index contributed by atoms with van der Waals surface area (Å²) in [5, 5.41) is 23.3. The molecule has 0 aromatic heterocycles. The standard InChI is InChI=1S/C88H167NO5/c1-3-5-7-9-11-13-15-17-19-21-22-42-45-49-52-56-60-64-68-72-76-80-86(91)85(84-90)89-87(92)81-77-73-69-65-61-57-53-50-46-43-40-38-36-34-32-30-28-26-24-23-25-27-29-31-33-35-37-39-41-44-47-51-55-59-63-67-71-75-79-83-94-88(93)82-78-74-70-66-62-58-54-48-20-18-16-14-12-10-8-6-4-2/h18,20,23-24,27,29,76,80,85-86,90-91H,3-17,19,21-22,25-26,28,30-75,77-79,81-84H2,1-2H3,(H,89,92)/b20-18-,24-23-,29-27-,80-76+. The molecule has 0 rings (SSSR count). The van der Waals surface area contributed by atoms with Crippen LogP contribution in [-0.2, 0) is 14.3 Å². The number of carbonyl (C=O) groups is 2. The summed E-state index contributed by atoms with van der Waals surface area (Å²) in [4.78, 5) is 24.7. The van der Waals surface area contributed by atoms with Crippen LogP contribution in [0.1, 0.15) is 476 Å². The van der Waals surface area contributed by atoms with Crippen molar-refractivity contribution in [3.63, 3.8) is 0 Å². The Bertz CT molecular complexity index is 1570. The number of hydrogen-bond acceptors (Lipinski definition) is 5. The fourth-order valence-corrected chi connectivity index (χ4v) is 13.5. The van der Waals surface area contributed by atoms with Gasteiger partial charge in [-0.2, -0.15) is 0 Å². The molecule has 0 aliphatic carbocycles. The first-order valence-electron chi connectivity index (χ1n) is 42.9. The Morgan fingerprint density at radius 2 is 0.532 bits per heavy atom. The van der Waals surface area contributed by atoms with Crippen molar-refractivity contribution < 1.29 is 24.5 Å². The third-order valence-electron chi connectivity index (χ3n) is 20.1. The molecule has 0 radical (unpaired) electrons. The number of ether oxygens (including phenoxy) is 1. The van der Waals surface area contributed by atoms with E-state index in [2.05, 4.69) is 55.6 Å². The minimum absolute atomic E-state index is 0.0175. The summed E-state index contributed by atoms with van der Waals surface area (Å²) in [5.74, 6) is -0.0429.